The number of carbonyl (C=O) groups excluding carboxylic acids is 1. The third-order valence-electron chi connectivity index (χ3n) is 5.14. The maximum absolute atomic E-state index is 12.8. The number of rotatable bonds is 8. The Morgan fingerprint density at radius 1 is 1.24 bits per heavy atom. The van der Waals surface area contributed by atoms with Gasteiger partial charge in [0, 0.05) is 12.0 Å². The highest BCUT2D eigenvalue weighted by Crippen LogP contribution is 2.40. The van der Waals surface area contributed by atoms with Crippen LogP contribution >= 0.6 is 11.8 Å². The van der Waals surface area contributed by atoms with E-state index in [0.717, 1.165) is 36.6 Å². The number of aromatic nitrogens is 5. The van der Waals surface area contributed by atoms with Crippen molar-refractivity contribution >= 4 is 23.5 Å². The summed E-state index contributed by atoms with van der Waals surface area (Å²) in [6.07, 6.45) is 4.95. The molecule has 0 radical (unpaired) electrons. The SMILES string of the molecule is CC[C@H](C)n1nccc1NC(=O)[C@@H](C)Sc1nc(C2CC2)n(-c2ccccc2)n1. The lowest BCUT2D eigenvalue weighted by molar-refractivity contribution is -0.115. The Kier molecular flexibility index (Phi) is 5.71. The van der Waals surface area contributed by atoms with E-state index >= 15 is 0 Å². The van der Waals surface area contributed by atoms with Gasteiger partial charge in [0.15, 0.2) is 0 Å². The third kappa shape index (κ3) is 4.37. The molecule has 0 saturated heterocycles. The summed E-state index contributed by atoms with van der Waals surface area (Å²) in [6, 6.07) is 12.1. The summed E-state index contributed by atoms with van der Waals surface area (Å²) in [6.45, 7) is 6.06. The van der Waals surface area contributed by atoms with Gasteiger partial charge in [0.05, 0.1) is 23.2 Å². The van der Waals surface area contributed by atoms with Gasteiger partial charge in [0.25, 0.3) is 0 Å². The molecule has 1 fully saturated rings. The van der Waals surface area contributed by atoms with E-state index in [-0.39, 0.29) is 17.2 Å². The zero-order valence-electron chi connectivity index (χ0n) is 16.9. The highest BCUT2D eigenvalue weighted by molar-refractivity contribution is 8.00. The van der Waals surface area contributed by atoms with Gasteiger partial charge in [-0.2, -0.15) is 5.10 Å². The van der Waals surface area contributed by atoms with Crippen molar-refractivity contribution in [1.29, 1.82) is 0 Å². The second-order valence-electron chi connectivity index (χ2n) is 7.44. The lowest BCUT2D eigenvalue weighted by atomic mass is 10.3. The van der Waals surface area contributed by atoms with E-state index < -0.39 is 0 Å². The molecule has 3 aromatic rings. The number of hydrogen-bond acceptors (Lipinski definition) is 5. The van der Waals surface area contributed by atoms with Crippen LogP contribution in [-0.2, 0) is 4.79 Å². The second-order valence-corrected chi connectivity index (χ2v) is 8.75. The van der Waals surface area contributed by atoms with E-state index in [1.54, 1.807) is 6.20 Å². The Labute approximate surface area is 174 Å². The topological polar surface area (TPSA) is 77.6 Å². The van der Waals surface area contributed by atoms with E-state index in [4.69, 9.17) is 10.1 Å². The Morgan fingerprint density at radius 2 is 2.00 bits per heavy atom. The molecule has 2 aromatic heterocycles. The Bertz CT molecular complexity index is 978. The molecule has 0 bridgehead atoms. The third-order valence-corrected chi connectivity index (χ3v) is 6.09. The standard InChI is InChI=1S/C21H26N6OS/c1-4-14(2)26-18(12-13-22-26)23-20(28)15(3)29-21-24-19(16-10-11-16)27(25-21)17-8-6-5-7-9-17/h5-9,12-16H,4,10-11H2,1-3H3,(H,23,28)/t14-,15+/m0/s1. The molecular formula is C21H26N6OS. The largest absolute Gasteiger partial charge is 0.310 e. The summed E-state index contributed by atoms with van der Waals surface area (Å²) >= 11 is 1.38. The van der Waals surface area contributed by atoms with Crippen LogP contribution in [0.2, 0.25) is 0 Å². The van der Waals surface area contributed by atoms with Gasteiger partial charge in [0.1, 0.15) is 11.6 Å². The van der Waals surface area contributed by atoms with Gasteiger partial charge in [-0.05, 0) is 45.2 Å². The minimum absolute atomic E-state index is 0.0795. The summed E-state index contributed by atoms with van der Waals surface area (Å²) in [5.41, 5.74) is 1.00. The molecule has 2 heterocycles. The summed E-state index contributed by atoms with van der Waals surface area (Å²) in [4.78, 5) is 17.5. The predicted molar refractivity (Wildman–Crippen MR) is 115 cm³/mol. The smallest absolute Gasteiger partial charge is 0.238 e. The van der Waals surface area contributed by atoms with Crippen LogP contribution in [0.15, 0.2) is 47.8 Å². The normalized spacial score (nSPS) is 15.8. The molecule has 4 rings (SSSR count). The predicted octanol–water partition coefficient (Wildman–Crippen LogP) is 4.43. The van der Waals surface area contributed by atoms with E-state index in [1.807, 2.05) is 52.7 Å². The average molecular weight is 411 g/mol. The lowest BCUT2D eigenvalue weighted by Gasteiger charge is -2.15. The first-order chi connectivity index (χ1) is 14.1. The number of anilines is 1. The van der Waals surface area contributed by atoms with Crippen molar-refractivity contribution in [3.8, 4) is 5.69 Å². The van der Waals surface area contributed by atoms with Gasteiger partial charge in [-0.1, -0.05) is 36.9 Å². The first-order valence-electron chi connectivity index (χ1n) is 10.1. The Morgan fingerprint density at radius 3 is 2.69 bits per heavy atom. The molecule has 1 saturated carbocycles. The maximum Gasteiger partial charge on any atom is 0.238 e. The van der Waals surface area contributed by atoms with E-state index in [9.17, 15) is 4.79 Å². The molecule has 0 unspecified atom stereocenters. The average Bonchev–Trinajstić information content (AvgIpc) is 3.34. The second kappa shape index (κ2) is 8.41. The molecule has 1 amide bonds. The number of para-hydroxylation sites is 1. The fraction of sp³-hybridized carbons (Fsp3) is 0.429. The van der Waals surface area contributed by atoms with Gasteiger partial charge < -0.3 is 5.32 Å². The highest BCUT2D eigenvalue weighted by Gasteiger charge is 2.31. The number of amides is 1. The van der Waals surface area contributed by atoms with Gasteiger partial charge in [-0.3, -0.25) is 4.79 Å². The minimum Gasteiger partial charge on any atom is -0.310 e. The number of benzene rings is 1. The van der Waals surface area contributed by atoms with Crippen molar-refractivity contribution in [1.82, 2.24) is 24.5 Å². The highest BCUT2D eigenvalue weighted by atomic mass is 32.2. The van der Waals surface area contributed by atoms with Crippen LogP contribution < -0.4 is 5.32 Å². The summed E-state index contributed by atoms with van der Waals surface area (Å²) in [7, 11) is 0. The lowest BCUT2D eigenvalue weighted by Crippen LogP contribution is -2.25. The van der Waals surface area contributed by atoms with Crippen LogP contribution in [0.1, 0.15) is 57.8 Å². The number of nitrogens with one attached hydrogen (secondary N) is 1. The molecule has 7 nitrogen and oxygen atoms in total. The fourth-order valence-electron chi connectivity index (χ4n) is 3.10. The van der Waals surface area contributed by atoms with E-state index in [0.29, 0.717) is 11.1 Å². The van der Waals surface area contributed by atoms with Gasteiger partial charge in [0.2, 0.25) is 11.1 Å². The zero-order valence-corrected chi connectivity index (χ0v) is 17.8. The Balaban J connectivity index is 1.48. The summed E-state index contributed by atoms with van der Waals surface area (Å²) in [5.74, 6) is 2.09. The van der Waals surface area contributed by atoms with Gasteiger partial charge in [-0.15, -0.1) is 5.10 Å². The number of hydrogen-bond donors (Lipinski definition) is 1. The minimum atomic E-state index is -0.325. The molecule has 1 aromatic carbocycles. The van der Waals surface area contributed by atoms with Crippen LogP contribution in [0.5, 0.6) is 0 Å². The monoisotopic (exact) mass is 410 g/mol. The van der Waals surface area contributed by atoms with Crippen molar-refractivity contribution in [3.63, 3.8) is 0 Å². The number of thioether (sulfide) groups is 1. The molecule has 152 valence electrons. The number of nitrogens with zero attached hydrogens (tertiary/aromatic N) is 5. The van der Waals surface area contributed by atoms with Gasteiger partial charge in [-0.25, -0.2) is 14.3 Å². The molecule has 1 aliphatic carbocycles. The van der Waals surface area contributed by atoms with Gasteiger partial charge >= 0.3 is 0 Å². The molecule has 8 heteroatoms. The number of carbonyl (C=O) groups is 1. The van der Waals surface area contributed by atoms with Crippen molar-refractivity contribution in [2.24, 2.45) is 0 Å². The molecular weight excluding hydrogens is 384 g/mol. The van der Waals surface area contributed by atoms with Crippen LogP contribution in [0, 0.1) is 0 Å². The molecule has 0 aliphatic heterocycles. The summed E-state index contributed by atoms with van der Waals surface area (Å²) < 4.78 is 3.77. The molecule has 2 atom stereocenters. The van der Waals surface area contributed by atoms with E-state index in [2.05, 4.69) is 24.3 Å². The molecule has 0 spiro atoms. The first-order valence-corrected chi connectivity index (χ1v) is 11.0. The molecule has 29 heavy (non-hydrogen) atoms. The first kappa shape index (κ1) is 19.7. The van der Waals surface area contributed by atoms with Crippen molar-refractivity contribution < 1.29 is 4.79 Å². The fourth-order valence-corrected chi connectivity index (χ4v) is 3.85. The van der Waals surface area contributed by atoms with Crippen LogP contribution in [0.4, 0.5) is 5.82 Å². The van der Waals surface area contributed by atoms with Crippen molar-refractivity contribution in [2.45, 2.75) is 62.4 Å². The van der Waals surface area contributed by atoms with Crippen LogP contribution in [0.3, 0.4) is 0 Å². The van der Waals surface area contributed by atoms with Crippen molar-refractivity contribution in [3.05, 3.63) is 48.4 Å². The molecule has 1 aliphatic rings. The van der Waals surface area contributed by atoms with Crippen LogP contribution in [-0.4, -0.2) is 35.7 Å². The van der Waals surface area contributed by atoms with Crippen molar-refractivity contribution in [2.75, 3.05) is 5.32 Å². The Hall–Kier alpha value is -2.61. The quantitative estimate of drug-likeness (QED) is 0.556. The van der Waals surface area contributed by atoms with E-state index in [1.165, 1.54) is 11.8 Å². The zero-order chi connectivity index (χ0) is 20.4. The summed E-state index contributed by atoms with van der Waals surface area (Å²) in [5, 5.41) is 12.3. The molecule has 1 N–H and O–H groups in total. The maximum atomic E-state index is 12.8. The van der Waals surface area contributed by atoms with Crippen LogP contribution in [0.25, 0.3) is 5.69 Å².